The van der Waals surface area contributed by atoms with E-state index < -0.39 is 16.0 Å². The van der Waals surface area contributed by atoms with Crippen molar-refractivity contribution >= 4 is 44.3 Å². The summed E-state index contributed by atoms with van der Waals surface area (Å²) in [5.41, 5.74) is -0.318. The zero-order valence-corrected chi connectivity index (χ0v) is 13.4. The maximum Gasteiger partial charge on any atom is 0.335 e. The molecule has 0 amide bonds. The third-order valence-electron chi connectivity index (χ3n) is 2.61. The van der Waals surface area contributed by atoms with Crippen LogP contribution in [0.4, 0.5) is 5.69 Å². The quantitative estimate of drug-likeness (QED) is 0.522. The number of anilines is 1. The van der Waals surface area contributed by atoms with Crippen LogP contribution in [0.1, 0.15) is 10.4 Å². The monoisotopic (exact) mass is 419 g/mol. The number of aromatic carboxylic acids is 1. The highest BCUT2D eigenvalue weighted by Crippen LogP contribution is 2.27. The average molecular weight is 419 g/mol. The zero-order chi connectivity index (χ0) is 15.6. The number of halogens is 1. The first-order valence-electron chi connectivity index (χ1n) is 5.64. The lowest BCUT2D eigenvalue weighted by molar-refractivity contribution is 0.0697. The topological polar surface area (TPSA) is 104 Å². The number of phenolic OH excluding ortho intramolecular Hbond substituents is 1. The summed E-state index contributed by atoms with van der Waals surface area (Å²) < 4.78 is 27.4. The van der Waals surface area contributed by atoms with E-state index in [-0.39, 0.29) is 21.9 Å². The number of carboxylic acids is 1. The molecule has 21 heavy (non-hydrogen) atoms. The molecule has 0 atom stereocenters. The summed E-state index contributed by atoms with van der Waals surface area (Å²) in [6, 6.07) is 9.45. The molecule has 3 N–H and O–H groups in total. The number of hydrogen-bond donors (Lipinski definition) is 3. The number of nitrogens with one attached hydrogen (secondary N) is 1. The Kier molecular flexibility index (Phi) is 4.37. The molecule has 0 heterocycles. The van der Waals surface area contributed by atoms with Crippen molar-refractivity contribution in [1.82, 2.24) is 0 Å². The predicted molar refractivity (Wildman–Crippen MR) is 85.0 cm³/mol. The Morgan fingerprint density at radius 2 is 1.71 bits per heavy atom. The van der Waals surface area contributed by atoms with E-state index in [4.69, 9.17) is 5.11 Å². The second kappa shape index (κ2) is 5.90. The van der Waals surface area contributed by atoms with Crippen molar-refractivity contribution in [3.05, 3.63) is 51.6 Å². The van der Waals surface area contributed by atoms with Crippen LogP contribution in [-0.4, -0.2) is 24.6 Å². The lowest BCUT2D eigenvalue weighted by Gasteiger charge is -2.10. The minimum atomic E-state index is -3.90. The van der Waals surface area contributed by atoms with Crippen molar-refractivity contribution in [2.24, 2.45) is 0 Å². The summed E-state index contributed by atoms with van der Waals surface area (Å²) in [6.07, 6.45) is 0. The van der Waals surface area contributed by atoms with E-state index in [0.717, 1.165) is 15.7 Å². The summed E-state index contributed by atoms with van der Waals surface area (Å²) >= 11 is 2.04. The first-order valence-corrected chi connectivity index (χ1v) is 8.20. The smallest absolute Gasteiger partial charge is 0.335 e. The molecular weight excluding hydrogens is 409 g/mol. The largest absolute Gasteiger partial charge is 0.506 e. The molecule has 0 aromatic heterocycles. The Balaban J connectivity index is 2.38. The van der Waals surface area contributed by atoms with Gasteiger partial charge in [0.2, 0.25) is 0 Å². The third kappa shape index (κ3) is 3.64. The van der Waals surface area contributed by atoms with Gasteiger partial charge in [-0.1, -0.05) is 0 Å². The summed E-state index contributed by atoms with van der Waals surface area (Å²) in [5.74, 6) is -1.57. The van der Waals surface area contributed by atoms with Crippen LogP contribution >= 0.6 is 22.6 Å². The second-order valence-corrected chi connectivity index (χ2v) is 7.02. The third-order valence-corrected chi connectivity index (χ3v) is 4.71. The number of benzene rings is 2. The van der Waals surface area contributed by atoms with Gasteiger partial charge in [0, 0.05) is 3.57 Å². The molecule has 0 unspecified atom stereocenters. The molecular formula is C13H10INO5S. The summed E-state index contributed by atoms with van der Waals surface area (Å²) in [5, 5.41) is 18.5. The maximum atomic E-state index is 12.2. The standard InChI is InChI=1S/C13H10INO5S/c14-9-2-4-10(5-3-9)21(19,20)15-11-7-8(13(17)18)1-6-12(11)16/h1-7,15-16H,(H,17,18). The summed E-state index contributed by atoms with van der Waals surface area (Å²) in [4.78, 5) is 10.9. The zero-order valence-electron chi connectivity index (χ0n) is 10.4. The van der Waals surface area contributed by atoms with E-state index >= 15 is 0 Å². The van der Waals surface area contributed by atoms with Gasteiger partial charge in [0.05, 0.1) is 16.1 Å². The first-order chi connectivity index (χ1) is 9.79. The molecule has 0 aliphatic heterocycles. The Morgan fingerprint density at radius 3 is 2.29 bits per heavy atom. The van der Waals surface area contributed by atoms with Crippen molar-refractivity contribution in [3.8, 4) is 5.75 Å². The molecule has 0 bridgehead atoms. The average Bonchev–Trinajstić information content (AvgIpc) is 2.41. The highest BCUT2D eigenvalue weighted by atomic mass is 127. The number of phenols is 1. The minimum Gasteiger partial charge on any atom is -0.506 e. The highest BCUT2D eigenvalue weighted by molar-refractivity contribution is 14.1. The fourth-order valence-corrected chi connectivity index (χ4v) is 2.99. The van der Waals surface area contributed by atoms with Gasteiger partial charge < -0.3 is 10.2 Å². The van der Waals surface area contributed by atoms with E-state index in [2.05, 4.69) is 4.72 Å². The number of rotatable bonds is 4. The van der Waals surface area contributed by atoms with Crippen LogP contribution in [0.2, 0.25) is 0 Å². The fraction of sp³-hybridized carbons (Fsp3) is 0. The number of carboxylic acid groups (broad SMARTS) is 1. The number of aromatic hydroxyl groups is 1. The van der Waals surface area contributed by atoms with Crippen LogP contribution in [0.5, 0.6) is 5.75 Å². The minimum absolute atomic E-state index is 0.0167. The van der Waals surface area contributed by atoms with Gasteiger partial charge in [0.15, 0.2) is 0 Å². The van der Waals surface area contributed by atoms with E-state index in [0.29, 0.717) is 0 Å². The fourth-order valence-electron chi connectivity index (χ4n) is 1.57. The SMILES string of the molecule is O=C(O)c1ccc(O)c(NS(=O)(=O)c2ccc(I)cc2)c1. The molecule has 2 aromatic rings. The molecule has 6 nitrogen and oxygen atoms in total. The van der Waals surface area contributed by atoms with Crippen molar-refractivity contribution in [1.29, 1.82) is 0 Å². The molecule has 2 aromatic carbocycles. The van der Waals surface area contributed by atoms with Crippen molar-refractivity contribution < 1.29 is 23.4 Å². The van der Waals surface area contributed by atoms with Crippen molar-refractivity contribution in [2.75, 3.05) is 4.72 Å². The molecule has 0 saturated carbocycles. The number of carbonyl (C=O) groups is 1. The van der Waals surface area contributed by atoms with Gasteiger partial charge in [-0.15, -0.1) is 0 Å². The van der Waals surface area contributed by atoms with E-state index in [1.165, 1.54) is 18.2 Å². The van der Waals surface area contributed by atoms with Crippen molar-refractivity contribution in [2.45, 2.75) is 4.90 Å². The normalized spacial score (nSPS) is 11.1. The van der Waals surface area contributed by atoms with Crippen LogP contribution < -0.4 is 4.72 Å². The molecule has 0 saturated heterocycles. The molecule has 8 heteroatoms. The van der Waals surface area contributed by atoms with Crippen LogP contribution in [0.3, 0.4) is 0 Å². The Labute approximate surface area is 134 Å². The van der Waals surface area contributed by atoms with E-state index in [1.807, 2.05) is 22.6 Å². The van der Waals surface area contributed by atoms with Gasteiger partial charge in [0.25, 0.3) is 10.0 Å². The summed E-state index contributed by atoms with van der Waals surface area (Å²) in [7, 11) is -3.90. The molecule has 0 aliphatic carbocycles. The molecule has 0 aliphatic rings. The van der Waals surface area contributed by atoms with E-state index in [1.54, 1.807) is 12.1 Å². The van der Waals surface area contributed by atoms with Crippen LogP contribution in [-0.2, 0) is 10.0 Å². The van der Waals surface area contributed by atoms with Gasteiger partial charge in [-0.05, 0) is 65.1 Å². The van der Waals surface area contributed by atoms with Gasteiger partial charge in [-0.25, -0.2) is 13.2 Å². The Bertz CT molecular complexity index is 787. The van der Waals surface area contributed by atoms with Crippen LogP contribution in [0.15, 0.2) is 47.4 Å². The van der Waals surface area contributed by atoms with Gasteiger partial charge >= 0.3 is 5.97 Å². The Hall–Kier alpha value is -1.81. The highest BCUT2D eigenvalue weighted by Gasteiger charge is 2.17. The maximum absolute atomic E-state index is 12.2. The second-order valence-electron chi connectivity index (χ2n) is 4.10. The predicted octanol–water partition coefficient (Wildman–Crippen LogP) is 2.50. The molecule has 0 fully saturated rings. The number of hydrogen-bond acceptors (Lipinski definition) is 4. The van der Waals surface area contributed by atoms with Gasteiger partial charge in [-0.2, -0.15) is 0 Å². The number of sulfonamides is 1. The van der Waals surface area contributed by atoms with Crippen molar-refractivity contribution in [3.63, 3.8) is 0 Å². The van der Waals surface area contributed by atoms with E-state index in [9.17, 15) is 18.3 Å². The molecule has 110 valence electrons. The van der Waals surface area contributed by atoms with Gasteiger partial charge in [-0.3, -0.25) is 4.72 Å². The van der Waals surface area contributed by atoms with Crippen LogP contribution in [0.25, 0.3) is 0 Å². The lowest BCUT2D eigenvalue weighted by atomic mass is 10.2. The van der Waals surface area contributed by atoms with Crippen LogP contribution in [0, 0.1) is 3.57 Å². The molecule has 0 spiro atoms. The summed E-state index contributed by atoms with van der Waals surface area (Å²) in [6.45, 7) is 0. The van der Waals surface area contributed by atoms with Gasteiger partial charge in [0.1, 0.15) is 5.75 Å². The molecule has 0 radical (unpaired) electrons. The Morgan fingerprint density at radius 1 is 1.10 bits per heavy atom. The lowest BCUT2D eigenvalue weighted by Crippen LogP contribution is -2.13. The molecule has 2 rings (SSSR count). The first kappa shape index (κ1) is 15.6.